The normalized spacial score (nSPS) is 17.7. The van der Waals surface area contributed by atoms with Crippen LogP contribution in [-0.2, 0) is 40.0 Å². The van der Waals surface area contributed by atoms with Gasteiger partial charge in [-0.3, -0.25) is 28.8 Å². The zero-order valence-electron chi connectivity index (χ0n) is 28.8. The monoisotopic (exact) mass is 722 g/mol. The molecule has 0 aromatic heterocycles. The number of hydrogen-bond acceptors (Lipinski definition) is 10. The van der Waals surface area contributed by atoms with Gasteiger partial charge in [0.2, 0.25) is 29.5 Å². The van der Waals surface area contributed by atoms with Crippen LogP contribution in [0.2, 0.25) is 0 Å². The van der Waals surface area contributed by atoms with E-state index in [-0.39, 0.29) is 31.6 Å². The highest BCUT2D eigenvalue weighted by Crippen LogP contribution is 2.19. The molecule has 17 heteroatoms. The number of nitrogens with two attached hydrogens (primary N) is 1. The minimum Gasteiger partial charge on any atom is -0.508 e. The Kier molecular flexibility index (Phi) is 17.0. The lowest BCUT2D eigenvalue weighted by Crippen LogP contribution is -2.60. The molecule has 5 amide bonds. The topological polar surface area (TPSA) is 258 Å². The Morgan fingerprint density at radius 1 is 0.900 bits per heavy atom. The number of carbonyl (C=O) groups excluding carboxylic acids is 5. The van der Waals surface area contributed by atoms with Crippen molar-refractivity contribution in [2.45, 2.75) is 102 Å². The number of hydrogen-bond donors (Lipinski definition) is 8. The molecule has 9 N–H and O–H groups in total. The van der Waals surface area contributed by atoms with Gasteiger partial charge in [0.1, 0.15) is 36.0 Å². The van der Waals surface area contributed by atoms with E-state index in [0.29, 0.717) is 30.6 Å². The number of carboxylic acids is 2. The predicted molar refractivity (Wildman–Crippen MR) is 185 cm³/mol. The van der Waals surface area contributed by atoms with E-state index in [1.165, 1.54) is 35.7 Å². The van der Waals surface area contributed by atoms with E-state index in [4.69, 9.17) is 5.73 Å². The quantitative estimate of drug-likeness (QED) is 0.0882. The largest absolute Gasteiger partial charge is 0.508 e. The molecule has 1 aliphatic rings. The van der Waals surface area contributed by atoms with Gasteiger partial charge in [0, 0.05) is 13.0 Å². The van der Waals surface area contributed by atoms with Crippen LogP contribution < -0.4 is 27.0 Å². The molecular formula is C33H50N6O10S. The maximum Gasteiger partial charge on any atom is 0.326 e. The van der Waals surface area contributed by atoms with Crippen molar-refractivity contribution < 1.29 is 48.9 Å². The first-order chi connectivity index (χ1) is 23.6. The molecule has 7 atom stereocenters. The summed E-state index contributed by atoms with van der Waals surface area (Å²) in [5, 5.41) is 38.6. The molecule has 16 nitrogen and oxygen atoms in total. The lowest BCUT2D eigenvalue weighted by atomic mass is 9.97. The van der Waals surface area contributed by atoms with Gasteiger partial charge in [-0.15, -0.1) is 0 Å². The van der Waals surface area contributed by atoms with Crippen LogP contribution in [0.1, 0.15) is 64.9 Å². The molecule has 0 bridgehead atoms. The maximum atomic E-state index is 13.6. The first-order valence-corrected chi connectivity index (χ1v) is 18.0. The summed E-state index contributed by atoms with van der Waals surface area (Å²) in [6, 6.07) is -0.778. The molecule has 0 aliphatic carbocycles. The molecule has 1 fully saturated rings. The van der Waals surface area contributed by atoms with E-state index in [2.05, 4.69) is 21.3 Å². The predicted octanol–water partition coefficient (Wildman–Crippen LogP) is -0.0393. The fourth-order valence-corrected chi connectivity index (χ4v) is 5.90. The van der Waals surface area contributed by atoms with Crippen molar-refractivity contribution in [2.75, 3.05) is 18.6 Å². The lowest BCUT2D eigenvalue weighted by Gasteiger charge is -2.30. The molecule has 1 aromatic carbocycles. The second-order valence-electron chi connectivity index (χ2n) is 12.4. The molecule has 1 aliphatic heterocycles. The Balaban J connectivity index is 2.18. The number of rotatable bonds is 20. The minimum absolute atomic E-state index is 0.0335. The highest BCUT2D eigenvalue weighted by Gasteiger charge is 2.38. The van der Waals surface area contributed by atoms with E-state index in [9.17, 15) is 48.9 Å². The molecule has 0 radical (unpaired) electrons. The van der Waals surface area contributed by atoms with Gasteiger partial charge >= 0.3 is 11.9 Å². The summed E-state index contributed by atoms with van der Waals surface area (Å²) in [4.78, 5) is 90.7. The van der Waals surface area contributed by atoms with Gasteiger partial charge in [-0.05, 0) is 74.7 Å². The van der Waals surface area contributed by atoms with Crippen LogP contribution in [0.4, 0.5) is 0 Å². The summed E-state index contributed by atoms with van der Waals surface area (Å²) in [7, 11) is 0. The zero-order valence-corrected chi connectivity index (χ0v) is 29.7. The number of phenols is 1. The van der Waals surface area contributed by atoms with E-state index in [1.807, 2.05) is 6.92 Å². The number of thioether (sulfide) groups is 1. The van der Waals surface area contributed by atoms with Crippen LogP contribution in [0.15, 0.2) is 24.3 Å². The lowest BCUT2D eigenvalue weighted by molar-refractivity contribution is -0.149. The first kappa shape index (κ1) is 41.8. The van der Waals surface area contributed by atoms with Crippen molar-refractivity contribution in [3.63, 3.8) is 0 Å². The van der Waals surface area contributed by atoms with Gasteiger partial charge in [-0.1, -0.05) is 32.4 Å². The van der Waals surface area contributed by atoms with Crippen LogP contribution in [0.5, 0.6) is 5.75 Å². The van der Waals surface area contributed by atoms with Crippen molar-refractivity contribution in [3.8, 4) is 5.75 Å². The van der Waals surface area contributed by atoms with Crippen LogP contribution in [0.25, 0.3) is 0 Å². The zero-order chi connectivity index (χ0) is 37.5. The standard InChI is InChI=1S/C33H50N6O10S/c1-5-18(2)27(31(46)35-19(3)32(47)39-15-6-7-25(39)33(48)49)38-30(45)24(14-16-50-4)37-29(44)23(12-13-26(41)42)36-28(43)22(34)17-20-8-10-21(40)11-9-20/h8-11,18-19,22-25,27,40H,5-7,12-17,34H2,1-4H3,(H,35,46)(H,36,43)(H,37,44)(H,38,45)(H,41,42)(H,48,49)/t18-,19-,22-,23-,24-,25-,27-/m0/s1. The molecule has 50 heavy (non-hydrogen) atoms. The van der Waals surface area contributed by atoms with Crippen molar-refractivity contribution in [1.82, 2.24) is 26.2 Å². The summed E-state index contributed by atoms with van der Waals surface area (Å²) in [5.41, 5.74) is 6.71. The second-order valence-corrected chi connectivity index (χ2v) is 13.4. The number of phenolic OH excluding ortho intramolecular Hbond substituents is 1. The number of nitrogens with one attached hydrogen (secondary N) is 4. The Bertz CT molecular complexity index is 1360. The molecule has 278 valence electrons. The van der Waals surface area contributed by atoms with Crippen molar-refractivity contribution >= 4 is 53.2 Å². The van der Waals surface area contributed by atoms with E-state index < -0.39 is 90.1 Å². The Morgan fingerprint density at radius 2 is 1.50 bits per heavy atom. The van der Waals surface area contributed by atoms with Gasteiger partial charge in [0.15, 0.2) is 0 Å². The molecule has 1 saturated heterocycles. The molecular weight excluding hydrogens is 672 g/mol. The number of likely N-dealkylation sites (tertiary alicyclic amines) is 1. The highest BCUT2D eigenvalue weighted by atomic mass is 32.2. The third-order valence-electron chi connectivity index (χ3n) is 8.60. The summed E-state index contributed by atoms with van der Waals surface area (Å²) in [6.45, 7) is 5.22. The Labute approximate surface area is 295 Å². The van der Waals surface area contributed by atoms with Crippen LogP contribution in [0, 0.1) is 5.92 Å². The van der Waals surface area contributed by atoms with Crippen LogP contribution >= 0.6 is 11.8 Å². The number of aromatic hydroxyl groups is 1. The van der Waals surface area contributed by atoms with E-state index in [1.54, 1.807) is 25.3 Å². The summed E-state index contributed by atoms with van der Waals surface area (Å²) in [5.74, 6) is -5.75. The van der Waals surface area contributed by atoms with Crippen molar-refractivity contribution in [1.29, 1.82) is 0 Å². The van der Waals surface area contributed by atoms with Gasteiger partial charge in [-0.2, -0.15) is 11.8 Å². The fourth-order valence-electron chi connectivity index (χ4n) is 5.43. The number of carboxylic acid groups (broad SMARTS) is 2. The molecule has 2 rings (SSSR count). The van der Waals surface area contributed by atoms with E-state index in [0.717, 1.165) is 0 Å². The van der Waals surface area contributed by atoms with Gasteiger partial charge in [-0.25, -0.2) is 4.79 Å². The van der Waals surface area contributed by atoms with Crippen molar-refractivity contribution in [2.24, 2.45) is 11.7 Å². The van der Waals surface area contributed by atoms with Crippen molar-refractivity contribution in [3.05, 3.63) is 29.8 Å². The fraction of sp³-hybridized carbons (Fsp3) is 0.606. The maximum absolute atomic E-state index is 13.6. The summed E-state index contributed by atoms with van der Waals surface area (Å²) < 4.78 is 0. The average Bonchev–Trinajstić information content (AvgIpc) is 3.57. The summed E-state index contributed by atoms with van der Waals surface area (Å²) >= 11 is 1.40. The number of amides is 5. The van der Waals surface area contributed by atoms with Gasteiger partial charge in [0.25, 0.3) is 0 Å². The highest BCUT2D eigenvalue weighted by molar-refractivity contribution is 7.98. The SMILES string of the molecule is CC[C@H](C)[C@H](NC(=O)[C@H](CCSC)NC(=O)[C@H](CCC(=O)O)NC(=O)[C@@H](N)Cc1ccc(O)cc1)C(=O)N[C@@H](C)C(=O)N1CCC[C@H]1C(=O)O. The van der Waals surface area contributed by atoms with Gasteiger partial charge < -0.3 is 47.2 Å². The number of aliphatic carboxylic acids is 2. The van der Waals surface area contributed by atoms with E-state index >= 15 is 0 Å². The molecule has 0 unspecified atom stereocenters. The molecule has 0 saturated carbocycles. The average molecular weight is 723 g/mol. The third-order valence-corrected chi connectivity index (χ3v) is 9.24. The Morgan fingerprint density at radius 3 is 2.08 bits per heavy atom. The van der Waals surface area contributed by atoms with Crippen LogP contribution in [0.3, 0.4) is 0 Å². The third kappa shape index (κ3) is 12.8. The van der Waals surface area contributed by atoms with Crippen LogP contribution in [-0.4, -0.2) is 116 Å². The molecule has 1 heterocycles. The van der Waals surface area contributed by atoms with Gasteiger partial charge in [0.05, 0.1) is 6.04 Å². The Hall–Kier alpha value is -4.38. The first-order valence-electron chi connectivity index (χ1n) is 16.6. The number of benzene rings is 1. The summed E-state index contributed by atoms with van der Waals surface area (Å²) in [6.07, 6.45) is 2.53. The molecule has 0 spiro atoms. The number of nitrogens with zero attached hydrogens (tertiary/aromatic N) is 1. The number of carbonyl (C=O) groups is 7. The second kappa shape index (κ2) is 20.3. The molecule has 1 aromatic rings. The smallest absolute Gasteiger partial charge is 0.326 e. The minimum atomic E-state index is -1.35.